The molecule has 1 aromatic heterocycles. The van der Waals surface area contributed by atoms with Gasteiger partial charge in [-0.25, -0.2) is 4.98 Å². The Balaban J connectivity index is 0.00000128. The lowest BCUT2D eigenvalue weighted by molar-refractivity contribution is 0.189. The molecule has 1 heterocycles. The van der Waals surface area contributed by atoms with Crippen LogP contribution in [0.15, 0.2) is 18.2 Å². The topological polar surface area (TPSA) is 53.1 Å². The van der Waals surface area contributed by atoms with Crippen LogP contribution in [0.2, 0.25) is 5.02 Å². The summed E-state index contributed by atoms with van der Waals surface area (Å²) in [6.07, 6.45) is 0. The van der Waals surface area contributed by atoms with E-state index < -0.39 is 0 Å². The standard InChI is InChI=1S/C10H12ClN3O.BrH/c1-15-5-4-14-9-3-2-7(11)6-8(9)13-10(14)12;/h2-3,6H,4-5H2,1H3,(H2,12,13);1H. The van der Waals surface area contributed by atoms with E-state index in [2.05, 4.69) is 4.98 Å². The van der Waals surface area contributed by atoms with Crippen LogP contribution in [0.4, 0.5) is 5.95 Å². The molecule has 0 radical (unpaired) electrons. The van der Waals surface area contributed by atoms with Crippen LogP contribution in [-0.2, 0) is 11.3 Å². The lowest BCUT2D eigenvalue weighted by atomic mass is 10.3. The van der Waals surface area contributed by atoms with Crippen molar-refractivity contribution in [2.75, 3.05) is 19.5 Å². The molecule has 2 rings (SSSR count). The first-order valence-corrected chi connectivity index (χ1v) is 5.00. The van der Waals surface area contributed by atoms with Gasteiger partial charge in [0.2, 0.25) is 5.95 Å². The third-order valence-corrected chi connectivity index (χ3v) is 2.49. The second-order valence-corrected chi connectivity index (χ2v) is 3.68. The number of rotatable bonds is 3. The number of ether oxygens (including phenoxy) is 1. The summed E-state index contributed by atoms with van der Waals surface area (Å²) >= 11 is 5.87. The zero-order chi connectivity index (χ0) is 10.8. The highest BCUT2D eigenvalue weighted by Crippen LogP contribution is 2.21. The minimum absolute atomic E-state index is 0. The Hall–Kier alpha value is -0.780. The molecule has 0 aliphatic rings. The number of methoxy groups -OCH3 is 1. The first-order chi connectivity index (χ1) is 7.22. The largest absolute Gasteiger partial charge is 0.383 e. The number of anilines is 1. The minimum atomic E-state index is 0. The Kier molecular flexibility index (Phi) is 4.58. The number of nitrogens with zero attached hydrogens (tertiary/aromatic N) is 2. The van der Waals surface area contributed by atoms with E-state index in [-0.39, 0.29) is 17.0 Å². The van der Waals surface area contributed by atoms with Gasteiger partial charge in [0.25, 0.3) is 0 Å². The molecule has 0 saturated carbocycles. The van der Waals surface area contributed by atoms with Crippen LogP contribution < -0.4 is 5.73 Å². The van der Waals surface area contributed by atoms with Crippen LogP contribution in [-0.4, -0.2) is 23.3 Å². The summed E-state index contributed by atoms with van der Waals surface area (Å²) in [5.41, 5.74) is 7.59. The van der Waals surface area contributed by atoms with Crippen molar-refractivity contribution in [3.63, 3.8) is 0 Å². The molecule has 0 fully saturated rings. The summed E-state index contributed by atoms with van der Waals surface area (Å²) in [7, 11) is 1.66. The number of imidazole rings is 1. The van der Waals surface area contributed by atoms with E-state index in [0.29, 0.717) is 24.1 Å². The molecule has 88 valence electrons. The lowest BCUT2D eigenvalue weighted by Crippen LogP contribution is -2.07. The van der Waals surface area contributed by atoms with Gasteiger partial charge in [0.15, 0.2) is 0 Å². The smallest absolute Gasteiger partial charge is 0.201 e. The molecule has 16 heavy (non-hydrogen) atoms. The van der Waals surface area contributed by atoms with E-state index in [4.69, 9.17) is 22.1 Å². The predicted octanol–water partition coefficient (Wildman–Crippen LogP) is 2.50. The van der Waals surface area contributed by atoms with Gasteiger partial charge in [-0.05, 0) is 18.2 Å². The van der Waals surface area contributed by atoms with E-state index in [9.17, 15) is 0 Å². The van der Waals surface area contributed by atoms with Crippen LogP contribution in [0, 0.1) is 0 Å². The quantitative estimate of drug-likeness (QED) is 0.948. The molecule has 0 spiro atoms. The van der Waals surface area contributed by atoms with Crippen molar-refractivity contribution < 1.29 is 4.74 Å². The molecule has 0 aliphatic heterocycles. The van der Waals surface area contributed by atoms with E-state index in [1.54, 1.807) is 13.2 Å². The van der Waals surface area contributed by atoms with Gasteiger partial charge in [0.05, 0.1) is 17.6 Å². The summed E-state index contributed by atoms with van der Waals surface area (Å²) in [6, 6.07) is 5.54. The fourth-order valence-electron chi connectivity index (χ4n) is 1.54. The van der Waals surface area contributed by atoms with Gasteiger partial charge < -0.3 is 15.0 Å². The highest BCUT2D eigenvalue weighted by molar-refractivity contribution is 8.93. The maximum Gasteiger partial charge on any atom is 0.201 e. The van der Waals surface area contributed by atoms with Crippen molar-refractivity contribution in [1.82, 2.24) is 9.55 Å². The molecule has 4 nitrogen and oxygen atoms in total. The number of hydrogen-bond donors (Lipinski definition) is 1. The fraction of sp³-hybridized carbons (Fsp3) is 0.300. The minimum Gasteiger partial charge on any atom is -0.383 e. The van der Waals surface area contributed by atoms with Gasteiger partial charge in [0, 0.05) is 18.7 Å². The van der Waals surface area contributed by atoms with Gasteiger partial charge in [0.1, 0.15) is 0 Å². The van der Waals surface area contributed by atoms with Crippen LogP contribution >= 0.6 is 28.6 Å². The van der Waals surface area contributed by atoms with Crippen molar-refractivity contribution in [2.24, 2.45) is 0 Å². The van der Waals surface area contributed by atoms with Crippen molar-refractivity contribution >= 4 is 45.6 Å². The number of hydrogen-bond acceptors (Lipinski definition) is 3. The first-order valence-electron chi connectivity index (χ1n) is 4.62. The average molecular weight is 307 g/mol. The van der Waals surface area contributed by atoms with Crippen molar-refractivity contribution in [3.05, 3.63) is 23.2 Å². The second-order valence-electron chi connectivity index (χ2n) is 3.25. The highest BCUT2D eigenvalue weighted by atomic mass is 79.9. The monoisotopic (exact) mass is 305 g/mol. The number of benzene rings is 1. The van der Waals surface area contributed by atoms with Crippen LogP contribution in [0.3, 0.4) is 0 Å². The molecule has 0 unspecified atom stereocenters. The summed E-state index contributed by atoms with van der Waals surface area (Å²) in [4.78, 5) is 4.23. The Morgan fingerprint density at radius 1 is 1.50 bits per heavy atom. The number of halogens is 2. The van der Waals surface area contributed by atoms with Gasteiger partial charge >= 0.3 is 0 Å². The van der Waals surface area contributed by atoms with Crippen molar-refractivity contribution in [3.8, 4) is 0 Å². The SMILES string of the molecule is Br.COCCn1c(N)nc2cc(Cl)ccc21. The second kappa shape index (κ2) is 5.52. The maximum absolute atomic E-state index is 5.87. The summed E-state index contributed by atoms with van der Waals surface area (Å²) < 4.78 is 6.92. The number of nitrogens with two attached hydrogens (primary N) is 1. The number of nitrogen functional groups attached to an aromatic ring is 1. The average Bonchev–Trinajstić information content (AvgIpc) is 2.50. The Bertz CT molecular complexity index is 486. The Morgan fingerprint density at radius 2 is 2.25 bits per heavy atom. The molecule has 0 bridgehead atoms. The van der Waals surface area contributed by atoms with Crippen molar-refractivity contribution in [2.45, 2.75) is 6.54 Å². The third kappa shape index (κ3) is 2.48. The summed E-state index contributed by atoms with van der Waals surface area (Å²) in [5, 5.41) is 0.666. The maximum atomic E-state index is 5.87. The van der Waals surface area contributed by atoms with E-state index in [1.807, 2.05) is 16.7 Å². The predicted molar refractivity (Wildman–Crippen MR) is 71.4 cm³/mol. The van der Waals surface area contributed by atoms with Crippen molar-refractivity contribution in [1.29, 1.82) is 0 Å². The van der Waals surface area contributed by atoms with E-state index in [0.717, 1.165) is 11.0 Å². The Labute approximate surface area is 109 Å². The molecule has 2 aromatic rings. The van der Waals surface area contributed by atoms with Gasteiger partial charge in [-0.3, -0.25) is 0 Å². The number of fused-ring (bicyclic) bond motifs is 1. The molecule has 2 N–H and O–H groups in total. The molecular formula is C10H13BrClN3O. The first kappa shape index (κ1) is 13.3. The molecule has 6 heteroatoms. The van der Waals surface area contributed by atoms with E-state index >= 15 is 0 Å². The van der Waals surface area contributed by atoms with Crippen LogP contribution in [0.1, 0.15) is 0 Å². The van der Waals surface area contributed by atoms with Crippen LogP contribution in [0.5, 0.6) is 0 Å². The van der Waals surface area contributed by atoms with Crippen LogP contribution in [0.25, 0.3) is 11.0 Å². The molecular weight excluding hydrogens is 293 g/mol. The zero-order valence-electron chi connectivity index (χ0n) is 8.81. The number of aromatic nitrogens is 2. The Morgan fingerprint density at radius 3 is 2.94 bits per heavy atom. The van der Waals surface area contributed by atoms with Gasteiger partial charge in [-0.2, -0.15) is 0 Å². The molecule has 1 aromatic carbocycles. The lowest BCUT2D eigenvalue weighted by Gasteiger charge is -2.04. The molecule has 0 atom stereocenters. The fourth-order valence-corrected chi connectivity index (χ4v) is 1.71. The normalized spacial score (nSPS) is 10.4. The third-order valence-electron chi connectivity index (χ3n) is 2.26. The van der Waals surface area contributed by atoms with E-state index in [1.165, 1.54) is 0 Å². The highest BCUT2D eigenvalue weighted by Gasteiger charge is 2.07. The summed E-state index contributed by atoms with van der Waals surface area (Å²) in [5.74, 6) is 0.490. The molecule has 0 amide bonds. The zero-order valence-corrected chi connectivity index (χ0v) is 11.3. The molecule has 0 saturated heterocycles. The molecule has 0 aliphatic carbocycles. The van der Waals surface area contributed by atoms with Gasteiger partial charge in [-0.1, -0.05) is 11.6 Å². The van der Waals surface area contributed by atoms with Gasteiger partial charge in [-0.15, -0.1) is 17.0 Å². The summed E-state index contributed by atoms with van der Waals surface area (Å²) in [6.45, 7) is 1.30.